The fraction of sp³-hybridized carbons (Fsp3) is 0.353. The standard InChI is InChI=1S/C17H20N4O2/c1-13-18-7-6-16(19-13)20-8-9-21(17(22)12-20)11-14-4-3-5-15(10-14)23-2/h3-7,10H,8-9,11-12H2,1-2H3. The SMILES string of the molecule is COc1cccc(CN2CCN(c3ccnc(C)n3)CC2=O)c1. The van der Waals surface area contributed by atoms with Gasteiger partial charge in [-0.15, -0.1) is 0 Å². The highest BCUT2D eigenvalue weighted by Gasteiger charge is 2.24. The van der Waals surface area contributed by atoms with Crippen LogP contribution in [0.1, 0.15) is 11.4 Å². The van der Waals surface area contributed by atoms with Crippen LogP contribution in [-0.4, -0.2) is 47.5 Å². The van der Waals surface area contributed by atoms with E-state index in [1.54, 1.807) is 13.3 Å². The van der Waals surface area contributed by atoms with Crippen molar-refractivity contribution in [3.63, 3.8) is 0 Å². The first-order chi connectivity index (χ1) is 11.2. The summed E-state index contributed by atoms with van der Waals surface area (Å²) < 4.78 is 5.23. The van der Waals surface area contributed by atoms with E-state index in [4.69, 9.17) is 4.74 Å². The normalized spacial score (nSPS) is 15.0. The highest BCUT2D eigenvalue weighted by Crippen LogP contribution is 2.18. The summed E-state index contributed by atoms with van der Waals surface area (Å²) in [5, 5.41) is 0. The van der Waals surface area contributed by atoms with Gasteiger partial charge < -0.3 is 14.5 Å². The number of nitrogens with zero attached hydrogens (tertiary/aromatic N) is 4. The molecule has 2 heterocycles. The number of methoxy groups -OCH3 is 1. The molecule has 1 aliphatic heterocycles. The van der Waals surface area contributed by atoms with E-state index in [2.05, 4.69) is 9.97 Å². The van der Waals surface area contributed by atoms with Gasteiger partial charge in [-0.05, 0) is 30.7 Å². The first-order valence-electron chi connectivity index (χ1n) is 7.61. The topological polar surface area (TPSA) is 58.6 Å². The molecule has 1 saturated heterocycles. The summed E-state index contributed by atoms with van der Waals surface area (Å²) in [7, 11) is 1.65. The number of hydrogen-bond acceptors (Lipinski definition) is 5. The van der Waals surface area contributed by atoms with Gasteiger partial charge in [0.1, 0.15) is 17.4 Å². The lowest BCUT2D eigenvalue weighted by Gasteiger charge is -2.35. The molecule has 0 aliphatic carbocycles. The van der Waals surface area contributed by atoms with Gasteiger partial charge in [-0.3, -0.25) is 4.79 Å². The van der Waals surface area contributed by atoms with Gasteiger partial charge in [-0.1, -0.05) is 12.1 Å². The van der Waals surface area contributed by atoms with Crippen molar-refractivity contribution in [1.29, 1.82) is 0 Å². The van der Waals surface area contributed by atoms with Gasteiger partial charge >= 0.3 is 0 Å². The maximum atomic E-state index is 12.4. The Bertz CT molecular complexity index is 704. The zero-order valence-electron chi connectivity index (χ0n) is 13.4. The van der Waals surface area contributed by atoms with Crippen molar-refractivity contribution in [3.8, 4) is 5.75 Å². The maximum absolute atomic E-state index is 12.4. The van der Waals surface area contributed by atoms with E-state index in [1.807, 2.05) is 47.1 Å². The first kappa shape index (κ1) is 15.3. The van der Waals surface area contributed by atoms with E-state index in [0.29, 0.717) is 25.5 Å². The number of aromatic nitrogens is 2. The summed E-state index contributed by atoms with van der Waals surface area (Å²) in [5.41, 5.74) is 1.07. The Balaban J connectivity index is 1.65. The summed E-state index contributed by atoms with van der Waals surface area (Å²) in [5.74, 6) is 2.45. The molecule has 23 heavy (non-hydrogen) atoms. The Hall–Kier alpha value is -2.63. The third-order valence-electron chi connectivity index (χ3n) is 3.91. The predicted molar refractivity (Wildman–Crippen MR) is 87.4 cm³/mol. The minimum atomic E-state index is 0.107. The lowest BCUT2D eigenvalue weighted by Crippen LogP contribution is -2.50. The second-order valence-electron chi connectivity index (χ2n) is 5.55. The van der Waals surface area contributed by atoms with Crippen LogP contribution in [0.3, 0.4) is 0 Å². The highest BCUT2D eigenvalue weighted by molar-refractivity contribution is 5.82. The van der Waals surface area contributed by atoms with Gasteiger partial charge in [0.15, 0.2) is 0 Å². The lowest BCUT2D eigenvalue weighted by molar-refractivity contribution is -0.131. The fourth-order valence-electron chi connectivity index (χ4n) is 2.68. The summed E-state index contributed by atoms with van der Waals surface area (Å²) >= 11 is 0. The van der Waals surface area contributed by atoms with Crippen LogP contribution in [0.25, 0.3) is 0 Å². The molecule has 1 amide bonds. The third kappa shape index (κ3) is 3.59. The van der Waals surface area contributed by atoms with Crippen LogP contribution in [0.2, 0.25) is 0 Å². The quantitative estimate of drug-likeness (QED) is 0.859. The molecular weight excluding hydrogens is 292 g/mol. The average molecular weight is 312 g/mol. The fourth-order valence-corrected chi connectivity index (χ4v) is 2.68. The summed E-state index contributed by atoms with van der Waals surface area (Å²) in [6.45, 7) is 4.25. The van der Waals surface area contributed by atoms with E-state index in [0.717, 1.165) is 23.7 Å². The van der Waals surface area contributed by atoms with Gasteiger partial charge in [0, 0.05) is 25.8 Å². The van der Waals surface area contributed by atoms with Crippen molar-refractivity contribution >= 4 is 11.7 Å². The van der Waals surface area contributed by atoms with E-state index in [-0.39, 0.29) is 5.91 Å². The molecule has 0 atom stereocenters. The number of anilines is 1. The summed E-state index contributed by atoms with van der Waals surface area (Å²) in [6.07, 6.45) is 1.73. The Labute approximate surface area is 135 Å². The number of ether oxygens (including phenoxy) is 1. The number of benzene rings is 1. The van der Waals surface area contributed by atoms with Crippen molar-refractivity contribution in [2.24, 2.45) is 0 Å². The molecule has 1 aliphatic rings. The second-order valence-corrected chi connectivity index (χ2v) is 5.55. The zero-order chi connectivity index (χ0) is 16.2. The molecule has 0 saturated carbocycles. The van der Waals surface area contributed by atoms with Crippen molar-refractivity contribution < 1.29 is 9.53 Å². The molecule has 1 aromatic carbocycles. The largest absolute Gasteiger partial charge is 0.497 e. The maximum Gasteiger partial charge on any atom is 0.242 e. The Morgan fingerprint density at radius 2 is 2.13 bits per heavy atom. The zero-order valence-corrected chi connectivity index (χ0v) is 13.4. The minimum Gasteiger partial charge on any atom is -0.497 e. The summed E-state index contributed by atoms with van der Waals surface area (Å²) in [4.78, 5) is 24.8. The molecule has 0 bridgehead atoms. The van der Waals surface area contributed by atoms with Gasteiger partial charge in [-0.25, -0.2) is 9.97 Å². The summed E-state index contributed by atoms with van der Waals surface area (Å²) in [6, 6.07) is 9.67. The van der Waals surface area contributed by atoms with E-state index in [1.165, 1.54) is 0 Å². The molecule has 0 radical (unpaired) electrons. The monoisotopic (exact) mass is 312 g/mol. The van der Waals surface area contributed by atoms with Gasteiger partial charge in [0.2, 0.25) is 5.91 Å². The van der Waals surface area contributed by atoms with Crippen LogP contribution in [0, 0.1) is 6.92 Å². The molecule has 6 nitrogen and oxygen atoms in total. The van der Waals surface area contributed by atoms with E-state index >= 15 is 0 Å². The number of amides is 1. The number of hydrogen-bond donors (Lipinski definition) is 0. The smallest absolute Gasteiger partial charge is 0.242 e. The lowest BCUT2D eigenvalue weighted by atomic mass is 10.2. The minimum absolute atomic E-state index is 0.107. The number of carbonyl (C=O) groups is 1. The van der Waals surface area contributed by atoms with Gasteiger partial charge in [0.05, 0.1) is 13.7 Å². The highest BCUT2D eigenvalue weighted by atomic mass is 16.5. The number of aryl methyl sites for hydroxylation is 1. The van der Waals surface area contributed by atoms with E-state index < -0.39 is 0 Å². The van der Waals surface area contributed by atoms with Crippen LogP contribution in [-0.2, 0) is 11.3 Å². The van der Waals surface area contributed by atoms with Crippen LogP contribution < -0.4 is 9.64 Å². The number of piperazine rings is 1. The second kappa shape index (κ2) is 6.64. The molecular formula is C17H20N4O2. The molecule has 0 N–H and O–H groups in total. The van der Waals surface area contributed by atoms with Crippen molar-refractivity contribution in [1.82, 2.24) is 14.9 Å². The van der Waals surface area contributed by atoms with Crippen molar-refractivity contribution in [2.75, 3.05) is 31.6 Å². The molecule has 2 aromatic rings. The van der Waals surface area contributed by atoms with Gasteiger partial charge in [0.25, 0.3) is 0 Å². The molecule has 0 spiro atoms. The molecule has 1 fully saturated rings. The van der Waals surface area contributed by atoms with Crippen molar-refractivity contribution in [2.45, 2.75) is 13.5 Å². The van der Waals surface area contributed by atoms with E-state index in [9.17, 15) is 4.79 Å². The van der Waals surface area contributed by atoms with Gasteiger partial charge in [-0.2, -0.15) is 0 Å². The molecule has 1 aromatic heterocycles. The Morgan fingerprint density at radius 1 is 1.26 bits per heavy atom. The van der Waals surface area contributed by atoms with Crippen LogP contribution >= 0.6 is 0 Å². The van der Waals surface area contributed by atoms with Crippen LogP contribution in [0.15, 0.2) is 36.5 Å². The van der Waals surface area contributed by atoms with Crippen LogP contribution in [0.4, 0.5) is 5.82 Å². The predicted octanol–water partition coefficient (Wildman–Crippen LogP) is 1.64. The molecule has 120 valence electrons. The molecule has 6 heteroatoms. The Kier molecular flexibility index (Phi) is 4.41. The number of rotatable bonds is 4. The number of carbonyl (C=O) groups excluding carboxylic acids is 1. The average Bonchev–Trinajstić information content (AvgIpc) is 2.57. The van der Waals surface area contributed by atoms with Crippen molar-refractivity contribution in [3.05, 3.63) is 47.9 Å². The Morgan fingerprint density at radius 3 is 2.87 bits per heavy atom. The molecule has 3 rings (SSSR count). The van der Waals surface area contributed by atoms with Crippen LogP contribution in [0.5, 0.6) is 5.75 Å². The third-order valence-corrected chi connectivity index (χ3v) is 3.91. The first-order valence-corrected chi connectivity index (χ1v) is 7.61. The molecule has 0 unspecified atom stereocenters.